The van der Waals surface area contributed by atoms with Crippen LogP contribution < -0.4 is 0 Å². The number of aliphatic carboxylic acids is 1. The Morgan fingerprint density at radius 3 is 2.71 bits per heavy atom. The number of nitrogens with zero attached hydrogens (tertiary/aromatic N) is 2. The van der Waals surface area contributed by atoms with Crippen LogP contribution in [-0.4, -0.2) is 66.0 Å². The Labute approximate surface area is 101 Å². The molecular weight excluding hydrogens is 248 g/mol. The van der Waals surface area contributed by atoms with Gasteiger partial charge in [0, 0.05) is 26.7 Å². The average Bonchev–Trinajstić information content (AvgIpc) is 2.25. The lowest BCUT2D eigenvalue weighted by atomic mass is 10.1. The molecule has 17 heavy (non-hydrogen) atoms. The fourth-order valence-electron chi connectivity index (χ4n) is 1.70. The van der Waals surface area contributed by atoms with E-state index in [1.807, 2.05) is 0 Å². The third-order valence-corrected chi connectivity index (χ3v) is 4.67. The van der Waals surface area contributed by atoms with E-state index in [-0.39, 0.29) is 19.5 Å². The van der Waals surface area contributed by atoms with Gasteiger partial charge >= 0.3 is 5.97 Å². The number of piperidine rings is 1. The molecule has 100 valence electrons. The summed E-state index contributed by atoms with van der Waals surface area (Å²) in [5.41, 5.74) is 0. The number of rotatable bonds is 5. The summed E-state index contributed by atoms with van der Waals surface area (Å²) in [6, 6.07) is 0. The first kappa shape index (κ1) is 14.4. The van der Waals surface area contributed by atoms with Gasteiger partial charge in [0.15, 0.2) is 0 Å². The first-order valence-electron chi connectivity index (χ1n) is 5.45. The second kappa shape index (κ2) is 5.76. The Morgan fingerprint density at radius 2 is 2.18 bits per heavy atom. The molecule has 1 aliphatic heterocycles. The number of carbonyl (C=O) groups is 1. The van der Waals surface area contributed by atoms with Gasteiger partial charge in [-0.25, -0.2) is 0 Å². The van der Waals surface area contributed by atoms with Crippen molar-refractivity contribution in [1.29, 1.82) is 0 Å². The van der Waals surface area contributed by atoms with Gasteiger partial charge in [0.2, 0.25) is 0 Å². The van der Waals surface area contributed by atoms with Crippen molar-refractivity contribution >= 4 is 16.2 Å². The highest BCUT2D eigenvalue weighted by atomic mass is 32.2. The summed E-state index contributed by atoms with van der Waals surface area (Å²) < 4.78 is 26.2. The van der Waals surface area contributed by atoms with Gasteiger partial charge in [-0.1, -0.05) is 0 Å². The van der Waals surface area contributed by atoms with Crippen molar-refractivity contribution < 1.29 is 23.4 Å². The van der Waals surface area contributed by atoms with Gasteiger partial charge in [-0.3, -0.25) is 4.79 Å². The molecule has 8 heteroatoms. The lowest BCUT2D eigenvalue weighted by molar-refractivity contribution is -0.137. The summed E-state index contributed by atoms with van der Waals surface area (Å²) in [5, 5.41) is 17.9. The standard InChI is InChI=1S/C9H18N2O5S/c1-10(6-4-9(13)14)17(15,16)11-5-2-3-8(12)7-11/h8,12H,2-7H2,1H3,(H,13,14)/t8-/m0/s1. The Morgan fingerprint density at radius 1 is 1.53 bits per heavy atom. The summed E-state index contributed by atoms with van der Waals surface area (Å²) in [4.78, 5) is 10.4. The molecule has 2 N–H and O–H groups in total. The van der Waals surface area contributed by atoms with Crippen LogP contribution in [0.25, 0.3) is 0 Å². The zero-order valence-electron chi connectivity index (χ0n) is 9.74. The fraction of sp³-hybridized carbons (Fsp3) is 0.889. The number of carboxylic acids is 1. The highest BCUT2D eigenvalue weighted by Gasteiger charge is 2.31. The van der Waals surface area contributed by atoms with Gasteiger partial charge in [-0.2, -0.15) is 17.0 Å². The molecule has 1 aliphatic rings. The van der Waals surface area contributed by atoms with Crippen LogP contribution >= 0.6 is 0 Å². The monoisotopic (exact) mass is 266 g/mol. The third kappa shape index (κ3) is 3.91. The first-order valence-corrected chi connectivity index (χ1v) is 6.85. The molecule has 0 aromatic rings. The maximum Gasteiger partial charge on any atom is 0.304 e. The highest BCUT2D eigenvalue weighted by molar-refractivity contribution is 7.86. The molecule has 0 unspecified atom stereocenters. The van der Waals surface area contributed by atoms with Gasteiger partial charge < -0.3 is 10.2 Å². The van der Waals surface area contributed by atoms with Gasteiger partial charge in [0.05, 0.1) is 12.5 Å². The van der Waals surface area contributed by atoms with Crippen molar-refractivity contribution in [2.75, 3.05) is 26.7 Å². The van der Waals surface area contributed by atoms with E-state index in [0.717, 1.165) is 4.31 Å². The summed E-state index contributed by atoms with van der Waals surface area (Å²) in [6.45, 7) is 0.390. The molecule has 0 aliphatic carbocycles. The molecule has 0 radical (unpaired) electrons. The molecule has 0 spiro atoms. The summed E-state index contributed by atoms with van der Waals surface area (Å²) in [6.07, 6.45) is 0.357. The van der Waals surface area contributed by atoms with Crippen LogP contribution in [0.15, 0.2) is 0 Å². The average molecular weight is 266 g/mol. The van der Waals surface area contributed by atoms with E-state index in [2.05, 4.69) is 0 Å². The molecule has 1 rings (SSSR count). The second-order valence-electron chi connectivity index (χ2n) is 4.13. The Balaban J connectivity index is 2.62. The van der Waals surface area contributed by atoms with Gasteiger partial charge in [0.1, 0.15) is 0 Å². The molecule has 1 heterocycles. The van der Waals surface area contributed by atoms with E-state index in [4.69, 9.17) is 5.11 Å². The maximum atomic E-state index is 12.0. The summed E-state index contributed by atoms with van der Waals surface area (Å²) in [5.74, 6) is -1.04. The minimum Gasteiger partial charge on any atom is -0.481 e. The lowest BCUT2D eigenvalue weighted by Crippen LogP contribution is -2.48. The minimum atomic E-state index is -3.65. The number of hydrogen-bond acceptors (Lipinski definition) is 4. The predicted octanol–water partition coefficient (Wildman–Crippen LogP) is -0.906. The molecule has 0 aromatic carbocycles. The van der Waals surface area contributed by atoms with Crippen LogP contribution in [0.4, 0.5) is 0 Å². The van der Waals surface area contributed by atoms with Crippen molar-refractivity contribution in [1.82, 2.24) is 8.61 Å². The maximum absolute atomic E-state index is 12.0. The fourth-order valence-corrected chi connectivity index (χ4v) is 3.13. The van der Waals surface area contributed by atoms with Crippen LogP contribution in [0, 0.1) is 0 Å². The molecule has 0 saturated carbocycles. The van der Waals surface area contributed by atoms with Crippen molar-refractivity contribution in [3.8, 4) is 0 Å². The number of carboxylic acid groups (broad SMARTS) is 1. The quantitative estimate of drug-likeness (QED) is 0.671. The zero-order chi connectivity index (χ0) is 13.1. The Bertz CT molecular complexity index is 370. The zero-order valence-corrected chi connectivity index (χ0v) is 10.6. The van der Waals surface area contributed by atoms with Crippen LogP contribution in [0.3, 0.4) is 0 Å². The van der Waals surface area contributed by atoms with Crippen molar-refractivity contribution in [2.45, 2.75) is 25.4 Å². The summed E-state index contributed by atoms with van der Waals surface area (Å²) in [7, 11) is -2.30. The van der Waals surface area contributed by atoms with Crippen LogP contribution in [0.2, 0.25) is 0 Å². The second-order valence-corrected chi connectivity index (χ2v) is 6.16. The van der Waals surface area contributed by atoms with Gasteiger partial charge in [-0.05, 0) is 12.8 Å². The van der Waals surface area contributed by atoms with E-state index in [9.17, 15) is 18.3 Å². The molecule has 0 amide bonds. The topological polar surface area (TPSA) is 98.2 Å². The predicted molar refractivity (Wildman–Crippen MR) is 60.6 cm³/mol. The number of β-amino-alcohol motifs (C(OH)–C–C–N with tert-alkyl or cyclic N) is 1. The van der Waals surface area contributed by atoms with E-state index in [1.54, 1.807) is 0 Å². The number of aliphatic hydroxyl groups excluding tert-OH is 1. The van der Waals surface area contributed by atoms with Crippen LogP contribution in [-0.2, 0) is 15.0 Å². The summed E-state index contributed by atoms with van der Waals surface area (Å²) >= 11 is 0. The van der Waals surface area contributed by atoms with Crippen molar-refractivity contribution in [3.63, 3.8) is 0 Å². The molecule has 1 saturated heterocycles. The third-order valence-electron chi connectivity index (χ3n) is 2.72. The number of aliphatic hydroxyl groups is 1. The van der Waals surface area contributed by atoms with Gasteiger partial charge in [-0.15, -0.1) is 0 Å². The largest absolute Gasteiger partial charge is 0.481 e. The Kier molecular flexibility index (Phi) is 4.87. The molecule has 1 atom stereocenters. The molecule has 1 fully saturated rings. The van der Waals surface area contributed by atoms with E-state index in [1.165, 1.54) is 11.4 Å². The number of hydrogen-bond donors (Lipinski definition) is 2. The van der Waals surface area contributed by atoms with E-state index in [0.29, 0.717) is 19.4 Å². The Hall–Kier alpha value is -0.700. The van der Waals surface area contributed by atoms with E-state index < -0.39 is 22.3 Å². The van der Waals surface area contributed by atoms with Gasteiger partial charge in [0.25, 0.3) is 10.2 Å². The first-order chi connectivity index (χ1) is 7.84. The normalized spacial score (nSPS) is 22.9. The highest BCUT2D eigenvalue weighted by Crippen LogP contribution is 2.16. The molecule has 0 aromatic heterocycles. The van der Waals surface area contributed by atoms with E-state index >= 15 is 0 Å². The minimum absolute atomic E-state index is 0.0652. The molecule has 7 nitrogen and oxygen atoms in total. The van der Waals surface area contributed by atoms with Crippen molar-refractivity contribution in [3.05, 3.63) is 0 Å². The van der Waals surface area contributed by atoms with Crippen LogP contribution in [0.5, 0.6) is 0 Å². The van der Waals surface area contributed by atoms with Crippen molar-refractivity contribution in [2.24, 2.45) is 0 Å². The lowest BCUT2D eigenvalue weighted by Gasteiger charge is -2.32. The SMILES string of the molecule is CN(CCC(=O)O)S(=O)(=O)N1CCC[C@H](O)C1. The van der Waals surface area contributed by atoms with Crippen LogP contribution in [0.1, 0.15) is 19.3 Å². The smallest absolute Gasteiger partial charge is 0.304 e. The molecule has 0 bridgehead atoms. The molecular formula is C9H18N2O5S.